The van der Waals surface area contributed by atoms with Crippen molar-refractivity contribution in [2.75, 3.05) is 4.72 Å². The molecule has 7 heteroatoms. The highest BCUT2D eigenvalue weighted by atomic mass is 32.2. The maximum absolute atomic E-state index is 12.1. The van der Waals surface area contributed by atoms with Crippen LogP contribution in [0.15, 0.2) is 29.4 Å². The molecule has 6 nitrogen and oxygen atoms in total. The zero-order valence-corrected chi connectivity index (χ0v) is 11.5. The SMILES string of the molecule is CCc1ncc(S(=O)(=O)Nc2cccc(C)c2O)[nH]1. The van der Waals surface area contributed by atoms with Crippen LogP contribution in [0.25, 0.3) is 0 Å². The van der Waals surface area contributed by atoms with Crippen molar-refractivity contribution in [2.45, 2.75) is 25.3 Å². The lowest BCUT2D eigenvalue weighted by atomic mass is 10.2. The molecule has 0 amide bonds. The fourth-order valence-electron chi connectivity index (χ4n) is 1.60. The summed E-state index contributed by atoms with van der Waals surface area (Å²) in [5, 5.41) is 9.78. The number of H-pyrrole nitrogens is 1. The summed E-state index contributed by atoms with van der Waals surface area (Å²) in [4.78, 5) is 6.66. The lowest BCUT2D eigenvalue weighted by molar-refractivity contribution is 0.473. The van der Waals surface area contributed by atoms with Gasteiger partial charge in [0.1, 0.15) is 11.6 Å². The van der Waals surface area contributed by atoms with Crippen LogP contribution in [0.4, 0.5) is 5.69 Å². The minimum atomic E-state index is -3.77. The van der Waals surface area contributed by atoms with Crippen LogP contribution < -0.4 is 4.72 Å². The molecule has 2 aromatic rings. The van der Waals surface area contributed by atoms with Gasteiger partial charge in [0, 0.05) is 6.42 Å². The number of hydrogen-bond donors (Lipinski definition) is 3. The second kappa shape index (κ2) is 4.93. The van der Waals surface area contributed by atoms with Crippen LogP contribution >= 0.6 is 0 Å². The molecule has 0 aliphatic carbocycles. The number of anilines is 1. The number of benzene rings is 1. The molecule has 102 valence electrons. The molecule has 0 fully saturated rings. The van der Waals surface area contributed by atoms with Crippen LogP contribution in [0, 0.1) is 6.92 Å². The van der Waals surface area contributed by atoms with Gasteiger partial charge in [0.05, 0.1) is 11.9 Å². The van der Waals surface area contributed by atoms with Crippen molar-refractivity contribution in [3.8, 4) is 5.75 Å². The molecular formula is C12H15N3O3S. The van der Waals surface area contributed by atoms with Crippen molar-refractivity contribution in [1.82, 2.24) is 9.97 Å². The van der Waals surface area contributed by atoms with E-state index in [1.807, 2.05) is 6.92 Å². The number of aromatic hydroxyl groups is 1. The molecule has 0 radical (unpaired) electrons. The number of aryl methyl sites for hydroxylation is 2. The summed E-state index contributed by atoms with van der Waals surface area (Å²) in [6.07, 6.45) is 1.87. The van der Waals surface area contributed by atoms with E-state index in [0.29, 0.717) is 17.8 Å². The smallest absolute Gasteiger partial charge is 0.279 e. The Labute approximate surface area is 111 Å². The molecule has 2 rings (SSSR count). The lowest BCUT2D eigenvalue weighted by Crippen LogP contribution is -2.13. The quantitative estimate of drug-likeness (QED) is 0.744. The fourth-order valence-corrected chi connectivity index (χ4v) is 2.61. The predicted octanol–water partition coefficient (Wildman–Crippen LogP) is 1.79. The van der Waals surface area contributed by atoms with Crippen LogP contribution in [0.2, 0.25) is 0 Å². The molecule has 0 saturated heterocycles. The summed E-state index contributed by atoms with van der Waals surface area (Å²) in [6, 6.07) is 4.85. The van der Waals surface area contributed by atoms with E-state index in [-0.39, 0.29) is 16.5 Å². The minimum Gasteiger partial charge on any atom is -0.505 e. The van der Waals surface area contributed by atoms with Gasteiger partial charge >= 0.3 is 0 Å². The van der Waals surface area contributed by atoms with Gasteiger partial charge in [-0.2, -0.15) is 8.42 Å². The van der Waals surface area contributed by atoms with Crippen molar-refractivity contribution in [3.05, 3.63) is 35.8 Å². The summed E-state index contributed by atoms with van der Waals surface area (Å²) in [5.74, 6) is 0.509. The number of para-hydroxylation sites is 1. The first kappa shape index (κ1) is 13.4. The molecule has 1 heterocycles. The van der Waals surface area contributed by atoms with Crippen LogP contribution in [0.5, 0.6) is 5.75 Å². The van der Waals surface area contributed by atoms with Crippen molar-refractivity contribution in [1.29, 1.82) is 0 Å². The maximum atomic E-state index is 12.1. The Morgan fingerprint density at radius 1 is 1.42 bits per heavy atom. The van der Waals surface area contributed by atoms with Crippen LogP contribution in [0.3, 0.4) is 0 Å². The van der Waals surface area contributed by atoms with E-state index in [2.05, 4.69) is 14.7 Å². The highest BCUT2D eigenvalue weighted by molar-refractivity contribution is 7.92. The number of phenolic OH excluding ortho intramolecular Hbond substituents is 1. The lowest BCUT2D eigenvalue weighted by Gasteiger charge is -2.09. The minimum absolute atomic E-state index is 0.0229. The Kier molecular flexibility index (Phi) is 3.48. The zero-order valence-electron chi connectivity index (χ0n) is 10.6. The summed E-state index contributed by atoms with van der Waals surface area (Å²) in [6.45, 7) is 3.56. The first-order valence-electron chi connectivity index (χ1n) is 5.79. The van der Waals surface area contributed by atoms with Crippen LogP contribution in [-0.4, -0.2) is 23.5 Å². The van der Waals surface area contributed by atoms with Gasteiger partial charge in [-0.25, -0.2) is 4.98 Å². The number of aromatic nitrogens is 2. The second-order valence-corrected chi connectivity index (χ2v) is 5.78. The van der Waals surface area contributed by atoms with Gasteiger partial charge in [-0.05, 0) is 18.6 Å². The summed E-state index contributed by atoms with van der Waals surface area (Å²) >= 11 is 0. The van der Waals surface area contributed by atoms with Gasteiger partial charge in [0.25, 0.3) is 10.0 Å². The van der Waals surface area contributed by atoms with Gasteiger partial charge in [0.2, 0.25) is 0 Å². The molecule has 0 aliphatic rings. The first-order chi connectivity index (χ1) is 8.94. The van der Waals surface area contributed by atoms with Gasteiger partial charge in [-0.1, -0.05) is 19.1 Å². The van der Waals surface area contributed by atoms with Gasteiger partial charge < -0.3 is 10.1 Å². The third kappa shape index (κ3) is 2.70. The topological polar surface area (TPSA) is 95.1 Å². The van der Waals surface area contributed by atoms with E-state index in [4.69, 9.17) is 0 Å². The number of sulfonamides is 1. The Morgan fingerprint density at radius 3 is 2.79 bits per heavy atom. The number of nitrogens with zero attached hydrogens (tertiary/aromatic N) is 1. The van der Waals surface area contributed by atoms with Crippen molar-refractivity contribution in [3.63, 3.8) is 0 Å². The summed E-state index contributed by atoms with van der Waals surface area (Å²) in [5.41, 5.74) is 0.742. The highest BCUT2D eigenvalue weighted by Gasteiger charge is 2.18. The van der Waals surface area contributed by atoms with E-state index in [1.165, 1.54) is 12.3 Å². The van der Waals surface area contributed by atoms with Crippen molar-refractivity contribution >= 4 is 15.7 Å². The molecule has 0 bridgehead atoms. The Bertz CT molecular complexity index is 692. The van der Waals surface area contributed by atoms with E-state index in [9.17, 15) is 13.5 Å². The summed E-state index contributed by atoms with van der Waals surface area (Å²) in [7, 11) is -3.77. The molecule has 3 N–H and O–H groups in total. The first-order valence-corrected chi connectivity index (χ1v) is 7.27. The number of hydrogen-bond acceptors (Lipinski definition) is 4. The van der Waals surface area contributed by atoms with Gasteiger partial charge in [-0.3, -0.25) is 4.72 Å². The Hall–Kier alpha value is -2.02. The predicted molar refractivity (Wildman–Crippen MR) is 71.6 cm³/mol. The number of nitrogens with one attached hydrogen (secondary N) is 2. The second-order valence-electron chi connectivity index (χ2n) is 4.12. The van der Waals surface area contributed by atoms with E-state index >= 15 is 0 Å². The summed E-state index contributed by atoms with van der Waals surface area (Å²) < 4.78 is 26.5. The number of rotatable bonds is 4. The third-order valence-electron chi connectivity index (χ3n) is 2.71. The van der Waals surface area contributed by atoms with E-state index < -0.39 is 10.0 Å². The molecule has 0 atom stereocenters. The van der Waals surface area contributed by atoms with Crippen LogP contribution in [-0.2, 0) is 16.4 Å². The molecule has 0 aliphatic heterocycles. The molecule has 0 spiro atoms. The number of aromatic amines is 1. The average Bonchev–Trinajstić information content (AvgIpc) is 2.84. The van der Waals surface area contributed by atoms with Crippen molar-refractivity contribution < 1.29 is 13.5 Å². The normalized spacial score (nSPS) is 11.5. The standard InChI is InChI=1S/C12H15N3O3S/c1-3-10-13-7-11(14-10)19(17,18)15-9-6-4-5-8(2)12(9)16/h4-7,15-16H,3H2,1-2H3,(H,13,14). The van der Waals surface area contributed by atoms with E-state index in [0.717, 1.165) is 0 Å². The number of phenols is 1. The molecule has 1 aromatic heterocycles. The number of imidazole rings is 1. The van der Waals surface area contributed by atoms with Gasteiger partial charge in [-0.15, -0.1) is 0 Å². The molecular weight excluding hydrogens is 266 g/mol. The Balaban J connectivity index is 2.33. The maximum Gasteiger partial charge on any atom is 0.279 e. The molecule has 1 aromatic carbocycles. The van der Waals surface area contributed by atoms with Gasteiger partial charge in [0.15, 0.2) is 5.03 Å². The largest absolute Gasteiger partial charge is 0.505 e. The molecule has 19 heavy (non-hydrogen) atoms. The van der Waals surface area contributed by atoms with Crippen molar-refractivity contribution in [2.24, 2.45) is 0 Å². The monoisotopic (exact) mass is 281 g/mol. The molecule has 0 unspecified atom stereocenters. The highest BCUT2D eigenvalue weighted by Crippen LogP contribution is 2.28. The fraction of sp³-hybridized carbons (Fsp3) is 0.250. The average molecular weight is 281 g/mol. The third-order valence-corrected chi connectivity index (χ3v) is 3.99. The Morgan fingerprint density at radius 2 is 2.16 bits per heavy atom. The molecule has 0 saturated carbocycles. The van der Waals surface area contributed by atoms with Crippen LogP contribution in [0.1, 0.15) is 18.3 Å². The van der Waals surface area contributed by atoms with E-state index in [1.54, 1.807) is 19.1 Å². The zero-order chi connectivity index (χ0) is 14.0.